The number of carbonyl (C=O) groups is 4. The minimum absolute atomic E-state index is 0.0193. The summed E-state index contributed by atoms with van der Waals surface area (Å²) in [6, 6.07) is 10.2. The number of ketones is 4. The largest absolute Gasteiger partial charge is 0.300 e. The van der Waals surface area contributed by atoms with Gasteiger partial charge in [0, 0.05) is 23.5 Å². The van der Waals surface area contributed by atoms with Gasteiger partial charge in [0.05, 0.1) is 6.42 Å². The minimum Gasteiger partial charge on any atom is -0.300 e. The smallest absolute Gasteiger partial charge is 0.163 e. The molecule has 0 aliphatic heterocycles. The Morgan fingerprint density at radius 2 is 1.65 bits per heavy atom. The molecule has 4 heteroatoms. The topological polar surface area (TPSA) is 68.3 Å². The maximum Gasteiger partial charge on any atom is 0.163 e. The van der Waals surface area contributed by atoms with Gasteiger partial charge in [-0.25, -0.2) is 0 Å². The van der Waals surface area contributed by atoms with Gasteiger partial charge in [0.15, 0.2) is 11.6 Å². The molecule has 3 unspecified atom stereocenters. The first-order valence-electron chi connectivity index (χ1n) is 15.3. The fourth-order valence-electron chi connectivity index (χ4n) is 6.85. The van der Waals surface area contributed by atoms with Crippen LogP contribution in [0.3, 0.4) is 0 Å². The van der Waals surface area contributed by atoms with E-state index in [9.17, 15) is 19.2 Å². The summed E-state index contributed by atoms with van der Waals surface area (Å²) in [5.74, 6) is 0.925. The lowest BCUT2D eigenvalue weighted by Crippen LogP contribution is -2.30. The summed E-state index contributed by atoms with van der Waals surface area (Å²) in [7, 11) is 0. The van der Waals surface area contributed by atoms with Gasteiger partial charge in [-0.2, -0.15) is 0 Å². The van der Waals surface area contributed by atoms with Crippen LogP contribution in [0, 0.1) is 24.7 Å². The van der Waals surface area contributed by atoms with Crippen molar-refractivity contribution >= 4 is 23.1 Å². The predicted molar refractivity (Wildman–Crippen MR) is 162 cm³/mol. The Balaban J connectivity index is 1.86. The van der Waals surface area contributed by atoms with Gasteiger partial charge in [0.1, 0.15) is 11.6 Å². The average Bonchev–Trinajstić information content (AvgIpc) is 2.88. The van der Waals surface area contributed by atoms with Crippen LogP contribution >= 0.6 is 0 Å². The molecule has 0 N–H and O–H groups in total. The standard InChI is InChI=1S/C36H48O4/c1-8-10-30(31(9-2)34(39)17-23(5)37)18-27-19-33-32(22(3)4)21-29(24(6)36(33)35(40)20-27)16-13-26-11-14-28(15-12-26)25(7)38/h11-12,14-15,21-22,27,30-31H,8-10,13,16-20H2,1-7H3. The summed E-state index contributed by atoms with van der Waals surface area (Å²) >= 11 is 0. The summed E-state index contributed by atoms with van der Waals surface area (Å²) in [5.41, 5.74) is 7.66. The molecular weight excluding hydrogens is 496 g/mol. The van der Waals surface area contributed by atoms with E-state index in [-0.39, 0.29) is 47.3 Å². The molecule has 3 atom stereocenters. The van der Waals surface area contributed by atoms with Crippen molar-refractivity contribution in [3.8, 4) is 0 Å². The molecule has 40 heavy (non-hydrogen) atoms. The lowest BCUT2D eigenvalue weighted by atomic mass is 9.70. The number of rotatable bonds is 14. The molecule has 4 nitrogen and oxygen atoms in total. The van der Waals surface area contributed by atoms with Crippen LogP contribution in [0.15, 0.2) is 30.3 Å². The van der Waals surface area contributed by atoms with E-state index in [4.69, 9.17) is 0 Å². The summed E-state index contributed by atoms with van der Waals surface area (Å²) < 4.78 is 0. The summed E-state index contributed by atoms with van der Waals surface area (Å²) in [5, 5.41) is 0. The van der Waals surface area contributed by atoms with Gasteiger partial charge in [-0.05, 0) is 98.4 Å². The number of Topliss-reactive ketones (excluding diaryl/α,β-unsaturated/α-hetero) is 4. The first-order valence-corrected chi connectivity index (χ1v) is 15.3. The molecule has 0 heterocycles. The highest BCUT2D eigenvalue weighted by Crippen LogP contribution is 2.40. The molecule has 0 bridgehead atoms. The van der Waals surface area contributed by atoms with Crippen molar-refractivity contribution in [1.29, 1.82) is 0 Å². The normalized spacial score (nSPS) is 16.5. The molecule has 1 aliphatic carbocycles. The van der Waals surface area contributed by atoms with Crippen LogP contribution < -0.4 is 0 Å². The van der Waals surface area contributed by atoms with Crippen molar-refractivity contribution in [1.82, 2.24) is 0 Å². The molecule has 0 aromatic heterocycles. The predicted octanol–water partition coefficient (Wildman–Crippen LogP) is 8.23. The maximum absolute atomic E-state index is 13.7. The van der Waals surface area contributed by atoms with E-state index in [0.717, 1.165) is 61.6 Å². The number of carbonyl (C=O) groups excluding carboxylic acids is 4. The number of aryl methyl sites for hydroxylation is 2. The Hall–Kier alpha value is -2.88. The van der Waals surface area contributed by atoms with Crippen LogP contribution in [-0.4, -0.2) is 23.1 Å². The van der Waals surface area contributed by atoms with E-state index in [2.05, 4.69) is 33.8 Å². The van der Waals surface area contributed by atoms with Crippen LogP contribution in [0.1, 0.15) is 135 Å². The zero-order chi connectivity index (χ0) is 29.6. The molecule has 2 aromatic carbocycles. The fraction of sp³-hybridized carbons (Fsp3) is 0.556. The number of fused-ring (bicyclic) bond motifs is 1. The van der Waals surface area contributed by atoms with Gasteiger partial charge < -0.3 is 0 Å². The second-order valence-corrected chi connectivity index (χ2v) is 12.4. The van der Waals surface area contributed by atoms with E-state index < -0.39 is 0 Å². The highest BCUT2D eigenvalue weighted by atomic mass is 16.1. The first-order chi connectivity index (χ1) is 19.0. The van der Waals surface area contributed by atoms with Gasteiger partial charge in [-0.15, -0.1) is 0 Å². The third kappa shape index (κ3) is 7.65. The third-order valence-electron chi connectivity index (χ3n) is 8.89. The SMILES string of the molecule is CCCC(CC1CC(=O)c2c(C)c(CCc3ccc(C(C)=O)cc3)cc(C(C)C)c2C1)C(CC)C(=O)CC(C)=O. The minimum atomic E-state index is -0.112. The molecular formula is C36H48O4. The molecule has 0 fully saturated rings. The Morgan fingerprint density at radius 1 is 0.975 bits per heavy atom. The van der Waals surface area contributed by atoms with E-state index in [0.29, 0.717) is 12.3 Å². The summed E-state index contributed by atoms with van der Waals surface area (Å²) in [6.45, 7) is 13.8. The van der Waals surface area contributed by atoms with Gasteiger partial charge >= 0.3 is 0 Å². The third-order valence-corrected chi connectivity index (χ3v) is 8.89. The Morgan fingerprint density at radius 3 is 2.20 bits per heavy atom. The Labute approximate surface area is 241 Å². The average molecular weight is 545 g/mol. The maximum atomic E-state index is 13.7. The van der Waals surface area contributed by atoms with Crippen LogP contribution in [0.5, 0.6) is 0 Å². The zero-order valence-corrected chi connectivity index (χ0v) is 25.7. The van der Waals surface area contributed by atoms with Gasteiger partial charge in [-0.3, -0.25) is 19.2 Å². The molecule has 0 radical (unpaired) electrons. The molecule has 216 valence electrons. The van der Waals surface area contributed by atoms with Crippen molar-refractivity contribution in [2.45, 2.75) is 112 Å². The number of benzene rings is 2. The molecule has 2 aromatic rings. The quantitative estimate of drug-likeness (QED) is 0.177. The lowest BCUT2D eigenvalue weighted by molar-refractivity contribution is -0.129. The monoisotopic (exact) mass is 544 g/mol. The highest BCUT2D eigenvalue weighted by molar-refractivity contribution is 6.01. The Bertz CT molecular complexity index is 1230. The van der Waals surface area contributed by atoms with E-state index in [1.54, 1.807) is 6.92 Å². The zero-order valence-electron chi connectivity index (χ0n) is 25.7. The first kappa shape index (κ1) is 31.6. The van der Waals surface area contributed by atoms with Crippen molar-refractivity contribution in [3.63, 3.8) is 0 Å². The van der Waals surface area contributed by atoms with Gasteiger partial charge in [-0.1, -0.05) is 70.9 Å². The van der Waals surface area contributed by atoms with E-state index in [1.165, 1.54) is 29.2 Å². The van der Waals surface area contributed by atoms with E-state index in [1.807, 2.05) is 31.2 Å². The van der Waals surface area contributed by atoms with E-state index >= 15 is 0 Å². The molecule has 0 spiro atoms. The van der Waals surface area contributed by atoms with Crippen LogP contribution in [0.25, 0.3) is 0 Å². The molecule has 1 aliphatic rings. The van der Waals surface area contributed by atoms with Gasteiger partial charge in [0.2, 0.25) is 0 Å². The van der Waals surface area contributed by atoms with Crippen molar-refractivity contribution < 1.29 is 19.2 Å². The van der Waals surface area contributed by atoms with Crippen LogP contribution in [0.4, 0.5) is 0 Å². The number of hydrogen-bond donors (Lipinski definition) is 0. The summed E-state index contributed by atoms with van der Waals surface area (Å²) in [4.78, 5) is 50.0. The lowest BCUT2D eigenvalue weighted by Gasteiger charge is -2.33. The van der Waals surface area contributed by atoms with Gasteiger partial charge in [0.25, 0.3) is 0 Å². The van der Waals surface area contributed by atoms with Crippen LogP contribution in [-0.2, 0) is 28.9 Å². The molecule has 0 saturated heterocycles. The molecule has 3 rings (SSSR count). The molecule has 0 amide bonds. The van der Waals surface area contributed by atoms with Crippen molar-refractivity contribution in [2.24, 2.45) is 17.8 Å². The highest BCUT2D eigenvalue weighted by Gasteiger charge is 2.34. The second-order valence-electron chi connectivity index (χ2n) is 12.4. The fourth-order valence-corrected chi connectivity index (χ4v) is 6.85. The Kier molecular flexibility index (Phi) is 11.2. The molecule has 0 saturated carbocycles. The van der Waals surface area contributed by atoms with Crippen molar-refractivity contribution in [3.05, 3.63) is 69.3 Å². The second kappa shape index (κ2) is 14.1. The number of hydrogen-bond acceptors (Lipinski definition) is 4. The van der Waals surface area contributed by atoms with Crippen LogP contribution in [0.2, 0.25) is 0 Å². The van der Waals surface area contributed by atoms with Crippen molar-refractivity contribution in [2.75, 3.05) is 0 Å². The summed E-state index contributed by atoms with van der Waals surface area (Å²) in [6.07, 6.45) is 6.66.